The van der Waals surface area contributed by atoms with Gasteiger partial charge in [-0.3, -0.25) is 0 Å². The van der Waals surface area contributed by atoms with E-state index in [0.29, 0.717) is 6.42 Å². The minimum atomic E-state index is 0.0722. The van der Waals surface area contributed by atoms with E-state index in [9.17, 15) is 0 Å². The van der Waals surface area contributed by atoms with Crippen LogP contribution >= 0.6 is 0 Å². The number of nitrogens with zero attached hydrogens (tertiary/aromatic N) is 1. The summed E-state index contributed by atoms with van der Waals surface area (Å²) in [4.78, 5) is 0. The van der Waals surface area contributed by atoms with E-state index in [1.165, 1.54) is 0 Å². The minimum absolute atomic E-state index is 0.0722. The van der Waals surface area contributed by atoms with Gasteiger partial charge in [-0.1, -0.05) is 56.3 Å². The fourth-order valence-corrected chi connectivity index (χ4v) is 1.77. The molecule has 1 aromatic carbocycles. The maximum Gasteiger partial charge on any atom is 0.141 e. The van der Waals surface area contributed by atoms with E-state index in [1.54, 1.807) is 0 Å². The lowest BCUT2D eigenvalue weighted by atomic mass is 9.89. The Balaban J connectivity index is 2.76. The molecule has 4 heteroatoms. The van der Waals surface area contributed by atoms with E-state index in [4.69, 9.17) is 10.9 Å². The third-order valence-electron chi connectivity index (χ3n) is 3.53. The van der Waals surface area contributed by atoms with Gasteiger partial charge in [-0.25, -0.2) is 0 Å². The molecule has 0 radical (unpaired) electrons. The Morgan fingerprint density at radius 1 is 1.37 bits per heavy atom. The maximum atomic E-state index is 8.74. The van der Waals surface area contributed by atoms with Gasteiger partial charge in [0.15, 0.2) is 0 Å². The Labute approximate surface area is 115 Å². The second-order valence-corrected chi connectivity index (χ2v) is 5.66. The van der Waals surface area contributed by atoms with Gasteiger partial charge < -0.3 is 16.3 Å². The normalized spacial score (nSPS) is 14.4. The van der Waals surface area contributed by atoms with Crippen molar-refractivity contribution in [2.24, 2.45) is 16.3 Å². The highest BCUT2D eigenvalue weighted by Crippen LogP contribution is 2.22. The number of nitrogens with two attached hydrogens (primary N) is 1. The quantitative estimate of drug-likeness (QED) is 0.306. The van der Waals surface area contributed by atoms with Crippen molar-refractivity contribution in [3.63, 3.8) is 0 Å². The lowest BCUT2D eigenvalue weighted by molar-refractivity contribution is 0.304. The molecule has 1 unspecified atom stereocenters. The van der Waals surface area contributed by atoms with Crippen molar-refractivity contribution in [3.05, 3.63) is 35.9 Å². The molecule has 0 aliphatic carbocycles. The summed E-state index contributed by atoms with van der Waals surface area (Å²) in [6.07, 6.45) is 1.60. The summed E-state index contributed by atoms with van der Waals surface area (Å²) in [5.41, 5.74) is 7.03. The van der Waals surface area contributed by atoms with Gasteiger partial charge in [-0.05, 0) is 17.4 Å². The topological polar surface area (TPSA) is 70.6 Å². The fraction of sp³-hybridized carbons (Fsp3) is 0.533. The molecule has 106 valence electrons. The van der Waals surface area contributed by atoms with Crippen molar-refractivity contribution >= 4 is 5.84 Å². The summed E-state index contributed by atoms with van der Waals surface area (Å²) in [7, 11) is 0. The maximum absolute atomic E-state index is 8.74. The molecule has 0 amide bonds. The Kier molecular flexibility index (Phi) is 5.83. The molecule has 1 aromatic rings. The lowest BCUT2D eigenvalue weighted by Gasteiger charge is -2.27. The zero-order valence-electron chi connectivity index (χ0n) is 12.1. The number of benzene rings is 1. The summed E-state index contributed by atoms with van der Waals surface area (Å²) < 4.78 is 0. The van der Waals surface area contributed by atoms with Gasteiger partial charge >= 0.3 is 0 Å². The van der Waals surface area contributed by atoms with Gasteiger partial charge in [0.1, 0.15) is 5.84 Å². The standard InChI is InChI=1S/C15H25N3O/c1-4-15(2,3)11-17-13(10-14(16)18-19)12-8-6-5-7-9-12/h5-9,13,17,19H,4,10-11H2,1-3H3,(H2,16,18). The molecule has 0 saturated heterocycles. The molecular formula is C15H25N3O. The molecule has 4 nitrogen and oxygen atoms in total. The van der Waals surface area contributed by atoms with Crippen molar-refractivity contribution in [3.8, 4) is 0 Å². The number of amidine groups is 1. The number of hydrogen-bond acceptors (Lipinski definition) is 3. The van der Waals surface area contributed by atoms with E-state index >= 15 is 0 Å². The predicted molar refractivity (Wildman–Crippen MR) is 79.3 cm³/mol. The zero-order valence-corrected chi connectivity index (χ0v) is 12.1. The average Bonchev–Trinajstić information content (AvgIpc) is 2.44. The van der Waals surface area contributed by atoms with Gasteiger partial charge in [-0.15, -0.1) is 0 Å². The highest BCUT2D eigenvalue weighted by molar-refractivity contribution is 5.80. The lowest BCUT2D eigenvalue weighted by Crippen LogP contribution is -2.34. The monoisotopic (exact) mass is 263 g/mol. The van der Waals surface area contributed by atoms with Crippen LogP contribution in [0.4, 0.5) is 0 Å². The van der Waals surface area contributed by atoms with Crippen LogP contribution < -0.4 is 11.1 Å². The summed E-state index contributed by atoms with van der Waals surface area (Å²) >= 11 is 0. The molecule has 4 N–H and O–H groups in total. The first kappa shape index (κ1) is 15.5. The van der Waals surface area contributed by atoms with Crippen molar-refractivity contribution in [2.45, 2.75) is 39.7 Å². The second kappa shape index (κ2) is 7.14. The van der Waals surface area contributed by atoms with Crippen LogP contribution in [0.25, 0.3) is 0 Å². The summed E-state index contributed by atoms with van der Waals surface area (Å²) in [5, 5.41) is 15.3. The fourth-order valence-electron chi connectivity index (χ4n) is 1.77. The van der Waals surface area contributed by atoms with Gasteiger partial charge in [0.2, 0.25) is 0 Å². The summed E-state index contributed by atoms with van der Waals surface area (Å²) in [5.74, 6) is 0.246. The smallest absolute Gasteiger partial charge is 0.141 e. The number of oxime groups is 1. The minimum Gasteiger partial charge on any atom is -0.409 e. The van der Waals surface area contributed by atoms with Crippen LogP contribution in [0.2, 0.25) is 0 Å². The molecule has 0 aromatic heterocycles. The Hall–Kier alpha value is -1.55. The molecule has 1 rings (SSSR count). The van der Waals surface area contributed by atoms with Gasteiger partial charge in [-0.2, -0.15) is 0 Å². The van der Waals surface area contributed by atoms with Crippen LogP contribution in [0.1, 0.15) is 45.2 Å². The molecule has 0 heterocycles. The second-order valence-electron chi connectivity index (χ2n) is 5.66. The Bertz CT molecular complexity index is 401. The average molecular weight is 263 g/mol. The summed E-state index contributed by atoms with van der Waals surface area (Å²) in [6, 6.07) is 10.2. The van der Waals surface area contributed by atoms with Gasteiger partial charge in [0, 0.05) is 19.0 Å². The van der Waals surface area contributed by atoms with E-state index in [2.05, 4.69) is 43.4 Å². The molecule has 0 fully saturated rings. The third kappa shape index (κ3) is 5.30. The van der Waals surface area contributed by atoms with Crippen molar-refractivity contribution in [1.29, 1.82) is 0 Å². The van der Waals surface area contributed by atoms with E-state index in [0.717, 1.165) is 18.5 Å². The molecule has 1 atom stereocenters. The highest BCUT2D eigenvalue weighted by atomic mass is 16.4. The van der Waals surface area contributed by atoms with Crippen LogP contribution in [0, 0.1) is 5.41 Å². The first-order valence-corrected chi connectivity index (χ1v) is 6.73. The molecular weight excluding hydrogens is 238 g/mol. The largest absolute Gasteiger partial charge is 0.409 e. The van der Waals surface area contributed by atoms with Crippen LogP contribution in [0.3, 0.4) is 0 Å². The molecule has 0 aliphatic rings. The Morgan fingerprint density at radius 2 is 2.00 bits per heavy atom. The first-order valence-electron chi connectivity index (χ1n) is 6.73. The van der Waals surface area contributed by atoms with Crippen LogP contribution in [-0.2, 0) is 0 Å². The van der Waals surface area contributed by atoms with Crippen molar-refractivity contribution < 1.29 is 5.21 Å². The van der Waals surface area contributed by atoms with Crippen LogP contribution in [0.15, 0.2) is 35.5 Å². The molecule has 0 spiro atoms. The molecule has 0 bridgehead atoms. The van der Waals surface area contributed by atoms with Gasteiger partial charge in [0.25, 0.3) is 0 Å². The van der Waals surface area contributed by atoms with E-state index in [-0.39, 0.29) is 17.3 Å². The van der Waals surface area contributed by atoms with E-state index < -0.39 is 0 Å². The van der Waals surface area contributed by atoms with Crippen LogP contribution in [-0.4, -0.2) is 17.6 Å². The number of hydrogen-bond donors (Lipinski definition) is 3. The van der Waals surface area contributed by atoms with Crippen molar-refractivity contribution in [2.75, 3.05) is 6.54 Å². The zero-order chi connectivity index (χ0) is 14.3. The SMILES string of the molecule is CCC(C)(C)CNC(C/C(N)=N/O)c1ccccc1. The highest BCUT2D eigenvalue weighted by Gasteiger charge is 2.19. The third-order valence-corrected chi connectivity index (χ3v) is 3.53. The van der Waals surface area contributed by atoms with Crippen LogP contribution in [0.5, 0.6) is 0 Å². The summed E-state index contributed by atoms with van der Waals surface area (Å²) in [6.45, 7) is 7.53. The number of nitrogens with one attached hydrogen (secondary N) is 1. The van der Waals surface area contributed by atoms with E-state index in [1.807, 2.05) is 18.2 Å². The first-order chi connectivity index (χ1) is 8.98. The predicted octanol–water partition coefficient (Wildman–Crippen LogP) is 2.89. The Morgan fingerprint density at radius 3 is 2.53 bits per heavy atom. The number of rotatable bonds is 7. The molecule has 0 aliphatic heterocycles. The van der Waals surface area contributed by atoms with Gasteiger partial charge in [0.05, 0.1) is 0 Å². The molecule has 0 saturated carbocycles. The molecule has 19 heavy (non-hydrogen) atoms. The van der Waals surface area contributed by atoms with Crippen molar-refractivity contribution in [1.82, 2.24) is 5.32 Å².